The molecular weight excluding hydrogens is 448 g/mol. The van der Waals surface area contributed by atoms with Crippen molar-refractivity contribution in [3.8, 4) is 0 Å². The Bertz CT molecular complexity index is 1400. The quantitative estimate of drug-likeness (QED) is 0.391. The molecule has 34 heavy (non-hydrogen) atoms. The standard InChI is InChI=1S/C26H22N4O3S/c1-16-6-11-21-24(17(16)2)28-26(34-21)29(15-19-5-3-4-14-27-19)25(33)18-7-9-20(10-8-18)30-22(31)12-13-23(30)32/h3-11,14H,12-13,15H2,1-2H3. The maximum Gasteiger partial charge on any atom is 0.260 e. The number of carbonyl (C=O) groups excluding carboxylic acids is 3. The Morgan fingerprint density at radius 3 is 2.41 bits per heavy atom. The lowest BCUT2D eigenvalue weighted by molar-refractivity contribution is -0.121. The first kappa shape index (κ1) is 21.9. The van der Waals surface area contributed by atoms with Gasteiger partial charge in [-0.3, -0.25) is 29.2 Å². The summed E-state index contributed by atoms with van der Waals surface area (Å²) in [6.07, 6.45) is 2.13. The molecule has 4 aromatic rings. The van der Waals surface area contributed by atoms with Gasteiger partial charge in [0.1, 0.15) is 0 Å². The number of pyridine rings is 1. The van der Waals surface area contributed by atoms with E-state index >= 15 is 0 Å². The third-order valence-corrected chi connectivity index (χ3v) is 7.06. The molecule has 0 radical (unpaired) electrons. The minimum atomic E-state index is -0.232. The minimum absolute atomic E-state index is 0.216. The van der Waals surface area contributed by atoms with Crippen LogP contribution in [0.1, 0.15) is 40.0 Å². The predicted octanol–water partition coefficient (Wildman–Crippen LogP) is 4.81. The first-order valence-corrected chi connectivity index (χ1v) is 11.8. The molecule has 0 N–H and O–H groups in total. The van der Waals surface area contributed by atoms with Gasteiger partial charge in [-0.25, -0.2) is 4.98 Å². The maximum atomic E-state index is 13.7. The normalized spacial score (nSPS) is 13.6. The van der Waals surface area contributed by atoms with E-state index in [4.69, 9.17) is 4.98 Å². The van der Waals surface area contributed by atoms with Gasteiger partial charge in [0.25, 0.3) is 5.91 Å². The van der Waals surface area contributed by atoms with Crippen molar-refractivity contribution in [1.82, 2.24) is 9.97 Å². The number of amides is 3. The lowest BCUT2D eigenvalue weighted by Crippen LogP contribution is -2.31. The molecule has 1 aliphatic heterocycles. The molecule has 170 valence electrons. The summed E-state index contributed by atoms with van der Waals surface area (Å²) in [4.78, 5) is 49.8. The molecule has 7 nitrogen and oxygen atoms in total. The summed E-state index contributed by atoms with van der Waals surface area (Å²) in [5.74, 6) is -0.674. The van der Waals surface area contributed by atoms with E-state index < -0.39 is 0 Å². The molecule has 0 unspecified atom stereocenters. The zero-order chi connectivity index (χ0) is 23.8. The number of hydrogen-bond acceptors (Lipinski definition) is 6. The van der Waals surface area contributed by atoms with E-state index in [1.165, 1.54) is 16.2 Å². The Morgan fingerprint density at radius 2 is 1.74 bits per heavy atom. The van der Waals surface area contributed by atoms with Gasteiger partial charge in [0.15, 0.2) is 5.13 Å². The van der Waals surface area contributed by atoms with Crippen molar-refractivity contribution in [3.05, 3.63) is 83.2 Å². The summed E-state index contributed by atoms with van der Waals surface area (Å²) in [6, 6.07) is 16.2. The lowest BCUT2D eigenvalue weighted by atomic mass is 10.1. The van der Waals surface area contributed by atoms with Crippen LogP contribution in [0.2, 0.25) is 0 Å². The number of hydrogen-bond donors (Lipinski definition) is 0. The average Bonchev–Trinajstić information content (AvgIpc) is 3.43. The SMILES string of the molecule is Cc1ccc2sc(N(Cc3ccccn3)C(=O)c3ccc(N4C(=O)CCC4=O)cc3)nc2c1C. The van der Waals surface area contributed by atoms with E-state index in [1.54, 1.807) is 35.4 Å². The van der Waals surface area contributed by atoms with Gasteiger partial charge in [-0.2, -0.15) is 0 Å². The fraction of sp³-hybridized carbons (Fsp3) is 0.192. The van der Waals surface area contributed by atoms with E-state index in [-0.39, 0.29) is 37.1 Å². The first-order valence-electron chi connectivity index (χ1n) is 11.0. The van der Waals surface area contributed by atoms with Crippen LogP contribution < -0.4 is 9.80 Å². The molecule has 1 aliphatic rings. The van der Waals surface area contributed by atoms with E-state index in [9.17, 15) is 14.4 Å². The van der Waals surface area contributed by atoms with Crippen molar-refractivity contribution in [1.29, 1.82) is 0 Å². The van der Waals surface area contributed by atoms with Crippen LogP contribution in [0.4, 0.5) is 10.8 Å². The molecule has 0 saturated carbocycles. The topological polar surface area (TPSA) is 83.5 Å². The molecule has 1 fully saturated rings. The van der Waals surface area contributed by atoms with Crippen LogP contribution in [0, 0.1) is 13.8 Å². The molecule has 0 aliphatic carbocycles. The summed E-state index contributed by atoms with van der Waals surface area (Å²) in [5, 5.41) is 0.591. The monoisotopic (exact) mass is 470 g/mol. The summed E-state index contributed by atoms with van der Waals surface area (Å²) >= 11 is 1.46. The zero-order valence-corrected chi connectivity index (χ0v) is 19.6. The van der Waals surface area contributed by atoms with Gasteiger partial charge < -0.3 is 0 Å². The number of carbonyl (C=O) groups is 3. The van der Waals surface area contributed by atoms with Crippen LogP contribution >= 0.6 is 11.3 Å². The third kappa shape index (κ3) is 3.97. The van der Waals surface area contributed by atoms with Gasteiger partial charge in [0.2, 0.25) is 11.8 Å². The van der Waals surface area contributed by atoms with Crippen molar-refractivity contribution in [3.63, 3.8) is 0 Å². The van der Waals surface area contributed by atoms with Gasteiger partial charge >= 0.3 is 0 Å². The van der Waals surface area contributed by atoms with E-state index in [0.29, 0.717) is 16.4 Å². The summed E-state index contributed by atoms with van der Waals surface area (Å²) in [5.41, 5.74) is 4.79. The highest BCUT2D eigenvalue weighted by Crippen LogP contribution is 2.33. The minimum Gasteiger partial charge on any atom is -0.278 e. The highest BCUT2D eigenvalue weighted by atomic mass is 32.1. The summed E-state index contributed by atoms with van der Waals surface area (Å²) in [6.45, 7) is 4.34. The number of aryl methyl sites for hydroxylation is 2. The number of benzene rings is 2. The highest BCUT2D eigenvalue weighted by molar-refractivity contribution is 7.22. The molecule has 1 saturated heterocycles. The van der Waals surface area contributed by atoms with Crippen molar-refractivity contribution in [2.24, 2.45) is 0 Å². The van der Waals surface area contributed by atoms with Gasteiger partial charge in [-0.05, 0) is 67.4 Å². The van der Waals surface area contributed by atoms with Gasteiger partial charge in [-0.1, -0.05) is 23.5 Å². The van der Waals surface area contributed by atoms with Crippen molar-refractivity contribution >= 4 is 50.1 Å². The average molecular weight is 471 g/mol. The molecule has 8 heteroatoms. The van der Waals surface area contributed by atoms with Crippen LogP contribution in [0.5, 0.6) is 0 Å². The lowest BCUT2D eigenvalue weighted by Gasteiger charge is -2.20. The predicted molar refractivity (Wildman–Crippen MR) is 132 cm³/mol. The number of imide groups is 1. The van der Waals surface area contributed by atoms with Crippen LogP contribution in [0.15, 0.2) is 60.8 Å². The Balaban J connectivity index is 1.51. The number of anilines is 2. The van der Waals surface area contributed by atoms with Crippen molar-refractivity contribution in [2.45, 2.75) is 33.2 Å². The second-order valence-electron chi connectivity index (χ2n) is 8.23. The molecule has 2 aromatic carbocycles. The fourth-order valence-corrected chi connectivity index (χ4v) is 5.01. The highest BCUT2D eigenvalue weighted by Gasteiger charge is 2.30. The second-order valence-corrected chi connectivity index (χ2v) is 9.24. The smallest absolute Gasteiger partial charge is 0.260 e. The number of nitrogens with zero attached hydrogens (tertiary/aromatic N) is 4. The second kappa shape index (κ2) is 8.79. The molecule has 5 rings (SSSR count). The molecule has 0 spiro atoms. The number of thiazole rings is 1. The maximum absolute atomic E-state index is 13.7. The first-order chi connectivity index (χ1) is 16.4. The Labute approximate surface area is 200 Å². The Hall–Kier alpha value is -3.91. The van der Waals surface area contributed by atoms with Crippen molar-refractivity contribution < 1.29 is 14.4 Å². The van der Waals surface area contributed by atoms with Gasteiger partial charge in [0.05, 0.1) is 28.1 Å². The molecule has 0 bridgehead atoms. The molecule has 3 heterocycles. The molecular formula is C26H22N4O3S. The van der Waals surface area contributed by atoms with Crippen molar-refractivity contribution in [2.75, 3.05) is 9.80 Å². The number of fused-ring (bicyclic) bond motifs is 1. The Kier molecular flexibility index (Phi) is 5.67. The largest absolute Gasteiger partial charge is 0.278 e. The molecule has 0 atom stereocenters. The third-order valence-electron chi connectivity index (χ3n) is 6.02. The van der Waals surface area contributed by atoms with E-state index in [0.717, 1.165) is 27.0 Å². The zero-order valence-electron chi connectivity index (χ0n) is 18.8. The number of rotatable bonds is 5. The van der Waals surface area contributed by atoms with E-state index in [2.05, 4.69) is 11.1 Å². The fourth-order valence-electron chi connectivity index (χ4n) is 3.98. The summed E-state index contributed by atoms with van der Waals surface area (Å²) in [7, 11) is 0. The van der Waals surface area contributed by atoms with Crippen LogP contribution in [-0.4, -0.2) is 27.7 Å². The van der Waals surface area contributed by atoms with Crippen LogP contribution in [-0.2, 0) is 16.1 Å². The Morgan fingerprint density at radius 1 is 1.00 bits per heavy atom. The van der Waals surface area contributed by atoms with Crippen LogP contribution in [0.3, 0.4) is 0 Å². The summed E-state index contributed by atoms with van der Waals surface area (Å²) < 4.78 is 1.01. The van der Waals surface area contributed by atoms with Gasteiger partial charge in [0, 0.05) is 24.6 Å². The molecule has 3 amide bonds. The van der Waals surface area contributed by atoms with Gasteiger partial charge in [-0.15, -0.1) is 0 Å². The molecule has 2 aromatic heterocycles. The number of aromatic nitrogens is 2. The van der Waals surface area contributed by atoms with Crippen LogP contribution in [0.25, 0.3) is 10.2 Å². The van der Waals surface area contributed by atoms with E-state index in [1.807, 2.05) is 38.1 Å².